The summed E-state index contributed by atoms with van der Waals surface area (Å²) in [5, 5.41) is 18.2. The Kier molecular flexibility index (Phi) is 17.6. The number of carbonyl (C=O) groups is 4. The minimum absolute atomic E-state index is 0.0349. The highest BCUT2D eigenvalue weighted by molar-refractivity contribution is 7.16. The molecule has 2 aliphatic heterocycles. The molecule has 25 nitrogen and oxygen atoms in total. The monoisotopic (exact) mass is 1090 g/mol. The van der Waals surface area contributed by atoms with E-state index in [4.69, 9.17) is 44.7 Å². The Hall–Kier alpha value is -9.08. The number of amides is 1. The van der Waals surface area contributed by atoms with Gasteiger partial charge in [-0.05, 0) is 61.4 Å². The number of aromatic carboxylic acids is 1. The van der Waals surface area contributed by atoms with Crippen LogP contribution in [0.1, 0.15) is 54.5 Å². The van der Waals surface area contributed by atoms with Gasteiger partial charge in [0.2, 0.25) is 11.9 Å². The summed E-state index contributed by atoms with van der Waals surface area (Å²) in [7, 11) is 8.90. The van der Waals surface area contributed by atoms with Crippen LogP contribution in [0.3, 0.4) is 0 Å². The Morgan fingerprint density at radius 1 is 0.597 bits per heavy atom. The van der Waals surface area contributed by atoms with Crippen LogP contribution in [0.5, 0.6) is 23.0 Å². The number of aromatic nitrogens is 8. The van der Waals surface area contributed by atoms with E-state index in [1.807, 2.05) is 41.3 Å². The summed E-state index contributed by atoms with van der Waals surface area (Å²) < 4.78 is 30.4. The molecule has 0 bridgehead atoms. The van der Waals surface area contributed by atoms with E-state index in [-0.39, 0.29) is 34.9 Å². The second-order valence-electron chi connectivity index (χ2n) is 16.7. The molecule has 2 aliphatic rings. The predicted octanol–water partition coefficient (Wildman–Crippen LogP) is 5.99. The van der Waals surface area contributed by atoms with E-state index in [0.29, 0.717) is 70.7 Å². The smallest absolute Gasteiger partial charge is 0.356 e. The van der Waals surface area contributed by atoms with Gasteiger partial charge in [0.25, 0.3) is 5.91 Å². The molecule has 8 heterocycles. The van der Waals surface area contributed by atoms with Gasteiger partial charge in [-0.25, -0.2) is 34.3 Å². The molecule has 77 heavy (non-hydrogen) atoms. The second-order valence-corrected chi connectivity index (χ2v) is 18.4. The summed E-state index contributed by atoms with van der Waals surface area (Å²) in [5.41, 5.74) is 13.2. The summed E-state index contributed by atoms with van der Waals surface area (Å²) in [5.74, 6) is 2.51. The average molecular weight is 1090 g/mol. The van der Waals surface area contributed by atoms with Gasteiger partial charge >= 0.3 is 17.9 Å². The highest BCUT2D eigenvalue weighted by Crippen LogP contribution is 2.35. The van der Waals surface area contributed by atoms with Crippen LogP contribution in [0, 0.1) is 0 Å². The van der Waals surface area contributed by atoms with Crippen molar-refractivity contribution in [1.82, 2.24) is 45.2 Å². The largest absolute Gasteiger partial charge is 0.493 e. The molecule has 6 N–H and O–H groups in total. The second kappa shape index (κ2) is 25.0. The zero-order valence-electron chi connectivity index (χ0n) is 42.4. The molecular weight excluding hydrogens is 1040 g/mol. The van der Waals surface area contributed by atoms with E-state index in [9.17, 15) is 19.2 Å². The molecule has 0 spiro atoms. The van der Waals surface area contributed by atoms with Gasteiger partial charge in [0.15, 0.2) is 44.3 Å². The molecule has 0 radical (unpaired) electrons. The number of rotatable bonds is 15. The van der Waals surface area contributed by atoms with E-state index in [0.717, 1.165) is 58.7 Å². The maximum absolute atomic E-state index is 12.7. The van der Waals surface area contributed by atoms with Gasteiger partial charge in [-0.1, -0.05) is 0 Å². The minimum Gasteiger partial charge on any atom is -0.493 e. The van der Waals surface area contributed by atoms with Crippen molar-refractivity contribution >= 4 is 102 Å². The van der Waals surface area contributed by atoms with Crippen LogP contribution in [0.15, 0.2) is 84.1 Å². The van der Waals surface area contributed by atoms with E-state index in [1.165, 1.54) is 61.3 Å². The SMILES string of the molecule is COC(=O)c1ccc(C(=O)NC2CCN(c3nc(Nc4ccc(OC)c(OC)c4)c4ncsc4n3)C2)cn1.COC(=O)c1ccc(C(=O)O)cn1.COc1ccc(Nc2nc(N3CCC(N)C3)nc3scnc23)cc1OC. The zero-order chi connectivity index (χ0) is 54.6. The Bertz CT molecular complexity index is 3380. The first-order valence-corrected chi connectivity index (χ1v) is 25.2. The van der Waals surface area contributed by atoms with Crippen molar-refractivity contribution in [1.29, 1.82) is 0 Å². The maximum Gasteiger partial charge on any atom is 0.356 e. The molecule has 0 aliphatic carbocycles. The summed E-state index contributed by atoms with van der Waals surface area (Å²) >= 11 is 2.92. The van der Waals surface area contributed by atoms with Gasteiger partial charge in [0, 0.05) is 74.2 Å². The number of anilines is 6. The fourth-order valence-corrected chi connectivity index (χ4v) is 9.16. The van der Waals surface area contributed by atoms with Gasteiger partial charge in [0.1, 0.15) is 22.4 Å². The number of pyridine rings is 2. The third-order valence-electron chi connectivity index (χ3n) is 11.8. The molecule has 2 aromatic carbocycles. The Morgan fingerprint density at radius 3 is 1.51 bits per heavy atom. The number of fused-ring (bicyclic) bond motifs is 2. The Morgan fingerprint density at radius 2 is 1.08 bits per heavy atom. The van der Waals surface area contributed by atoms with Crippen LogP contribution in [-0.4, -0.2) is 150 Å². The van der Waals surface area contributed by atoms with Gasteiger partial charge in [-0.3, -0.25) is 4.79 Å². The molecular formula is C50H52N14O11S2. The molecule has 1 amide bonds. The van der Waals surface area contributed by atoms with Crippen molar-refractivity contribution in [3.63, 3.8) is 0 Å². The number of carbonyl (C=O) groups excluding carboxylic acids is 3. The van der Waals surface area contributed by atoms with Crippen LogP contribution in [0.25, 0.3) is 20.7 Å². The lowest BCUT2D eigenvalue weighted by Crippen LogP contribution is -2.37. The number of nitrogens with zero attached hydrogens (tertiary/aromatic N) is 10. The molecule has 2 fully saturated rings. The number of nitrogens with one attached hydrogen (secondary N) is 3. The summed E-state index contributed by atoms with van der Waals surface area (Å²) in [4.78, 5) is 86.6. The maximum atomic E-state index is 12.7. The predicted molar refractivity (Wildman–Crippen MR) is 287 cm³/mol. The van der Waals surface area contributed by atoms with Crippen molar-refractivity contribution < 1.29 is 52.7 Å². The molecule has 27 heteroatoms. The Balaban J connectivity index is 0.000000173. The van der Waals surface area contributed by atoms with Gasteiger partial charge < -0.3 is 65.0 Å². The van der Waals surface area contributed by atoms with Gasteiger partial charge in [-0.15, -0.1) is 22.7 Å². The van der Waals surface area contributed by atoms with Crippen molar-refractivity contribution in [2.75, 3.05) is 89.3 Å². The van der Waals surface area contributed by atoms with Gasteiger partial charge in [-0.2, -0.15) is 19.9 Å². The molecule has 400 valence electrons. The van der Waals surface area contributed by atoms with Crippen LogP contribution < -0.4 is 50.4 Å². The van der Waals surface area contributed by atoms with Crippen molar-refractivity contribution in [3.05, 3.63) is 107 Å². The summed E-state index contributed by atoms with van der Waals surface area (Å²) in [6.07, 6.45) is 4.14. The number of ether oxygens (including phenoxy) is 6. The lowest BCUT2D eigenvalue weighted by Gasteiger charge is -2.18. The van der Waals surface area contributed by atoms with E-state index in [2.05, 4.69) is 55.2 Å². The van der Waals surface area contributed by atoms with E-state index in [1.54, 1.807) is 45.5 Å². The van der Waals surface area contributed by atoms with Crippen LogP contribution >= 0.6 is 22.7 Å². The minimum atomic E-state index is -1.08. The topological polar surface area (TPSA) is 316 Å². The number of carboxylic acids is 1. The van der Waals surface area contributed by atoms with Crippen LogP contribution in [0.2, 0.25) is 0 Å². The molecule has 6 aromatic heterocycles. The number of benzene rings is 2. The number of esters is 2. The van der Waals surface area contributed by atoms with Crippen molar-refractivity contribution in [3.8, 4) is 23.0 Å². The summed E-state index contributed by atoms with van der Waals surface area (Å²) in [6, 6.07) is 16.8. The van der Waals surface area contributed by atoms with E-state index < -0.39 is 17.9 Å². The lowest BCUT2D eigenvalue weighted by molar-refractivity contribution is 0.0585. The van der Waals surface area contributed by atoms with Crippen LogP contribution in [0.4, 0.5) is 34.9 Å². The van der Waals surface area contributed by atoms with E-state index >= 15 is 0 Å². The van der Waals surface area contributed by atoms with Crippen molar-refractivity contribution in [2.45, 2.75) is 24.9 Å². The standard InChI is InChI=1S/C25H25N7O5S.C17H20N6O2S.C8H7NO4/c1-35-18-7-5-15(10-19(18)36-2)28-21-20-23(38-13-27-20)31-25(30-21)32-9-8-16(12-32)29-22(33)14-4-6-17(26-11-14)24(34)37-3;1-24-12-4-3-11(7-13(12)25-2)20-15-14-16(26-9-19-14)22-17(21-15)23-6-5-10(18)8-23;1-13-8(12)6-3-2-5(4-9-6)7(10)11/h4-7,10-11,13,16H,8-9,12H2,1-3H3,(H,29,33)(H,28,30,31);3-4,7,9-10H,5-6,8,18H2,1-2H3,(H,20,21,22);2-4H,1H3,(H,10,11). The normalized spacial score (nSPS) is 14.6. The lowest BCUT2D eigenvalue weighted by atomic mass is 10.2. The Labute approximate surface area is 447 Å². The summed E-state index contributed by atoms with van der Waals surface area (Å²) in [6.45, 7) is 2.84. The fourth-order valence-electron chi connectivity index (χ4n) is 7.86. The average Bonchev–Trinajstić information content (AvgIpc) is 4.32. The first kappa shape index (κ1) is 54.2. The molecule has 8 aromatic rings. The molecule has 2 saturated heterocycles. The number of nitrogens with two attached hydrogens (primary N) is 1. The molecule has 2 atom stereocenters. The number of thiazole rings is 2. The van der Waals surface area contributed by atoms with Gasteiger partial charge in [0.05, 0.1) is 64.8 Å². The first-order valence-electron chi connectivity index (χ1n) is 23.4. The zero-order valence-corrected chi connectivity index (χ0v) is 44.0. The highest BCUT2D eigenvalue weighted by atomic mass is 32.1. The third kappa shape index (κ3) is 13.1. The first-order chi connectivity index (χ1) is 37.3. The number of methoxy groups -OCH3 is 6. The number of hydrogen-bond acceptors (Lipinski definition) is 25. The third-order valence-corrected chi connectivity index (χ3v) is 13.2. The number of carboxylic acid groups (broad SMARTS) is 1. The van der Waals surface area contributed by atoms with Crippen LogP contribution in [-0.2, 0) is 9.47 Å². The quantitative estimate of drug-likeness (QED) is 0.0736. The molecule has 0 saturated carbocycles. The van der Waals surface area contributed by atoms with Crippen molar-refractivity contribution in [2.24, 2.45) is 5.73 Å². The highest BCUT2D eigenvalue weighted by Gasteiger charge is 2.28. The molecule has 10 rings (SSSR count). The number of hydrogen-bond donors (Lipinski definition) is 5. The molecule has 2 unspecified atom stereocenters. The fraction of sp³-hybridized carbons (Fsp3) is 0.280.